The van der Waals surface area contributed by atoms with Gasteiger partial charge in [-0.2, -0.15) is 0 Å². The molecule has 0 spiro atoms. The molecule has 0 aliphatic carbocycles. The zero-order chi connectivity index (χ0) is 24.6. The number of rotatable bonds is 25. The molecular formula is C30H55O3P. The lowest BCUT2D eigenvalue weighted by Crippen LogP contribution is -2.04. The van der Waals surface area contributed by atoms with Gasteiger partial charge >= 0.3 is 7.60 Å². The van der Waals surface area contributed by atoms with Gasteiger partial charge in [0.2, 0.25) is 0 Å². The van der Waals surface area contributed by atoms with Crippen LogP contribution in [0.4, 0.5) is 0 Å². The van der Waals surface area contributed by atoms with Gasteiger partial charge < -0.3 is 4.52 Å². The first-order valence-electron chi connectivity index (χ1n) is 14.7. The van der Waals surface area contributed by atoms with Gasteiger partial charge in [0, 0.05) is 0 Å². The van der Waals surface area contributed by atoms with Crippen molar-refractivity contribution < 1.29 is 13.6 Å². The van der Waals surface area contributed by atoms with Crippen molar-refractivity contribution in [3.05, 3.63) is 30.3 Å². The normalized spacial score (nSPS) is 13.1. The molecule has 0 heterocycles. The van der Waals surface area contributed by atoms with Gasteiger partial charge in [0.15, 0.2) is 0 Å². The largest absolute Gasteiger partial charge is 0.424 e. The van der Waals surface area contributed by atoms with Crippen molar-refractivity contribution in [3.63, 3.8) is 0 Å². The first kappa shape index (κ1) is 31.2. The summed E-state index contributed by atoms with van der Waals surface area (Å²) in [4.78, 5) is 0. The zero-order valence-electron chi connectivity index (χ0n) is 22.6. The predicted octanol–water partition coefficient (Wildman–Crippen LogP) is 11.1. The van der Waals surface area contributed by atoms with Crippen LogP contribution in [0.2, 0.25) is 0 Å². The molecular weight excluding hydrogens is 439 g/mol. The fourth-order valence-electron chi connectivity index (χ4n) is 4.36. The van der Waals surface area contributed by atoms with Crippen LogP contribution in [-0.4, -0.2) is 12.8 Å². The Morgan fingerprint density at radius 3 is 1.44 bits per heavy atom. The average Bonchev–Trinajstić information content (AvgIpc) is 2.84. The van der Waals surface area contributed by atoms with E-state index >= 15 is 0 Å². The van der Waals surface area contributed by atoms with Gasteiger partial charge in [0.05, 0.1) is 12.8 Å². The maximum absolute atomic E-state index is 13.4. The second-order valence-corrected chi connectivity index (χ2v) is 12.0. The van der Waals surface area contributed by atoms with E-state index in [2.05, 4.69) is 13.8 Å². The molecule has 34 heavy (non-hydrogen) atoms. The Balaban J connectivity index is 2.21. The average molecular weight is 495 g/mol. The molecule has 0 N–H and O–H groups in total. The third kappa shape index (κ3) is 18.5. The van der Waals surface area contributed by atoms with E-state index in [9.17, 15) is 4.57 Å². The van der Waals surface area contributed by atoms with Crippen LogP contribution in [0.25, 0.3) is 0 Å². The summed E-state index contributed by atoms with van der Waals surface area (Å²) in [6, 6.07) is 9.53. The highest BCUT2D eigenvalue weighted by Crippen LogP contribution is 2.49. The maximum Gasteiger partial charge on any atom is 0.379 e. The lowest BCUT2D eigenvalue weighted by molar-refractivity contribution is 0.256. The van der Waals surface area contributed by atoms with Gasteiger partial charge in [-0.25, -0.2) is 4.57 Å². The van der Waals surface area contributed by atoms with Crippen molar-refractivity contribution in [2.24, 2.45) is 0 Å². The van der Waals surface area contributed by atoms with Gasteiger partial charge in [-0.15, -0.1) is 0 Å². The first-order valence-corrected chi connectivity index (χ1v) is 16.4. The van der Waals surface area contributed by atoms with Crippen LogP contribution in [0, 0.1) is 0 Å². The quantitative estimate of drug-likeness (QED) is 0.100. The Bertz CT molecular complexity index is 590. The Hall–Kier alpha value is -0.790. The first-order chi connectivity index (χ1) is 16.7. The van der Waals surface area contributed by atoms with E-state index < -0.39 is 7.60 Å². The van der Waals surface area contributed by atoms with E-state index in [1.165, 1.54) is 103 Å². The molecule has 1 aromatic carbocycles. The molecule has 4 heteroatoms. The van der Waals surface area contributed by atoms with Crippen molar-refractivity contribution in [2.75, 3.05) is 12.8 Å². The summed E-state index contributed by atoms with van der Waals surface area (Å²) in [7, 11) is -3.09. The van der Waals surface area contributed by atoms with Crippen LogP contribution in [0.5, 0.6) is 5.75 Å². The fraction of sp³-hybridized carbons (Fsp3) is 0.800. The number of para-hydroxylation sites is 1. The molecule has 1 atom stereocenters. The van der Waals surface area contributed by atoms with Crippen LogP contribution >= 0.6 is 7.60 Å². The van der Waals surface area contributed by atoms with E-state index in [-0.39, 0.29) is 0 Å². The highest BCUT2D eigenvalue weighted by atomic mass is 31.2. The second-order valence-electron chi connectivity index (χ2n) is 9.94. The molecule has 0 aromatic heterocycles. The summed E-state index contributed by atoms with van der Waals surface area (Å²) in [6.07, 6.45) is 26.0. The summed E-state index contributed by atoms with van der Waals surface area (Å²) in [6.45, 7) is 5.07. The summed E-state index contributed by atoms with van der Waals surface area (Å²) < 4.78 is 25.3. The van der Waals surface area contributed by atoms with Crippen molar-refractivity contribution >= 4 is 7.60 Å². The molecule has 0 aliphatic rings. The molecule has 0 amide bonds. The molecule has 0 bridgehead atoms. The summed E-state index contributed by atoms with van der Waals surface area (Å²) in [5.74, 6) is 0.654. The molecule has 198 valence electrons. The van der Waals surface area contributed by atoms with E-state index in [1.807, 2.05) is 30.3 Å². The molecule has 0 aliphatic heterocycles. The van der Waals surface area contributed by atoms with Gasteiger partial charge in [-0.3, -0.25) is 4.52 Å². The van der Waals surface area contributed by atoms with E-state index in [0.29, 0.717) is 18.5 Å². The Labute approximate surface area is 212 Å². The SMILES string of the molecule is CCCCCCCCCCCCOP(=O)(CCCCCCCCCCCC)Oc1ccccc1. The number of benzene rings is 1. The molecule has 0 radical (unpaired) electrons. The van der Waals surface area contributed by atoms with E-state index in [1.54, 1.807) is 0 Å². The van der Waals surface area contributed by atoms with E-state index in [4.69, 9.17) is 9.05 Å². The standard InChI is InChI=1S/C30H55O3P/c1-3-5-7-9-11-13-15-17-19-24-28-32-34(31,33-30-26-22-21-23-27-30)29-25-20-18-16-14-12-10-8-6-4-2/h21-23,26-27H,3-20,24-25,28-29H2,1-2H3. The van der Waals surface area contributed by atoms with Crippen LogP contribution in [0.3, 0.4) is 0 Å². The van der Waals surface area contributed by atoms with Crippen LogP contribution in [0.15, 0.2) is 30.3 Å². The lowest BCUT2D eigenvalue weighted by atomic mass is 10.1. The van der Waals surface area contributed by atoms with Gasteiger partial charge in [0.1, 0.15) is 5.75 Å². The smallest absolute Gasteiger partial charge is 0.379 e. The number of unbranched alkanes of at least 4 members (excludes halogenated alkanes) is 18. The summed E-state index contributed by atoms with van der Waals surface area (Å²) in [5.41, 5.74) is 0. The highest BCUT2D eigenvalue weighted by molar-refractivity contribution is 7.54. The van der Waals surface area contributed by atoms with Crippen LogP contribution in [0.1, 0.15) is 142 Å². The third-order valence-corrected chi connectivity index (χ3v) is 8.49. The van der Waals surface area contributed by atoms with Gasteiger partial charge in [-0.1, -0.05) is 148 Å². The van der Waals surface area contributed by atoms with Gasteiger partial charge in [-0.05, 0) is 25.0 Å². The fourth-order valence-corrected chi connectivity index (χ4v) is 6.10. The molecule has 0 saturated heterocycles. The predicted molar refractivity (Wildman–Crippen MR) is 149 cm³/mol. The Morgan fingerprint density at radius 2 is 0.971 bits per heavy atom. The van der Waals surface area contributed by atoms with Gasteiger partial charge in [0.25, 0.3) is 0 Å². The summed E-state index contributed by atoms with van der Waals surface area (Å²) in [5, 5.41) is 0. The summed E-state index contributed by atoms with van der Waals surface area (Å²) >= 11 is 0. The van der Waals surface area contributed by atoms with Crippen LogP contribution in [-0.2, 0) is 9.09 Å². The monoisotopic (exact) mass is 494 g/mol. The van der Waals surface area contributed by atoms with Crippen molar-refractivity contribution in [1.82, 2.24) is 0 Å². The van der Waals surface area contributed by atoms with E-state index in [0.717, 1.165) is 25.7 Å². The second kappa shape index (κ2) is 22.7. The van der Waals surface area contributed by atoms with Crippen LogP contribution < -0.4 is 4.52 Å². The molecule has 0 saturated carbocycles. The lowest BCUT2D eigenvalue weighted by Gasteiger charge is -2.19. The Morgan fingerprint density at radius 1 is 0.559 bits per heavy atom. The number of hydrogen-bond donors (Lipinski definition) is 0. The Kier molecular flexibility index (Phi) is 20.8. The highest BCUT2D eigenvalue weighted by Gasteiger charge is 2.25. The minimum Gasteiger partial charge on any atom is -0.424 e. The van der Waals surface area contributed by atoms with Crippen molar-refractivity contribution in [1.29, 1.82) is 0 Å². The van der Waals surface area contributed by atoms with Crippen molar-refractivity contribution in [3.8, 4) is 5.75 Å². The maximum atomic E-state index is 13.4. The molecule has 3 nitrogen and oxygen atoms in total. The number of hydrogen-bond acceptors (Lipinski definition) is 3. The molecule has 1 unspecified atom stereocenters. The zero-order valence-corrected chi connectivity index (χ0v) is 23.5. The molecule has 1 aromatic rings. The third-order valence-electron chi connectivity index (χ3n) is 6.56. The minimum absolute atomic E-state index is 0.524. The minimum atomic E-state index is -3.09. The van der Waals surface area contributed by atoms with Crippen molar-refractivity contribution in [2.45, 2.75) is 142 Å². The molecule has 1 rings (SSSR count). The molecule has 0 fully saturated rings. The topological polar surface area (TPSA) is 35.5 Å².